The van der Waals surface area contributed by atoms with Gasteiger partial charge in [-0.05, 0) is 19.1 Å². The number of carbonyl (C=O) groups excluding carboxylic acids is 1. The van der Waals surface area contributed by atoms with Crippen molar-refractivity contribution in [3.8, 4) is 22.9 Å². The van der Waals surface area contributed by atoms with E-state index in [2.05, 4.69) is 10.4 Å². The maximum atomic E-state index is 12.9. The van der Waals surface area contributed by atoms with Crippen LogP contribution in [0.25, 0.3) is 5.69 Å². The van der Waals surface area contributed by atoms with E-state index in [0.29, 0.717) is 34.2 Å². The minimum absolute atomic E-state index is 0.230. The van der Waals surface area contributed by atoms with Crippen molar-refractivity contribution in [1.82, 2.24) is 9.78 Å². The van der Waals surface area contributed by atoms with Crippen LogP contribution in [0.3, 0.4) is 0 Å². The highest BCUT2D eigenvalue weighted by Gasteiger charge is 2.22. The number of para-hydroxylation sites is 1. The van der Waals surface area contributed by atoms with Crippen molar-refractivity contribution < 1.29 is 19.0 Å². The van der Waals surface area contributed by atoms with Crippen LogP contribution in [0.15, 0.2) is 42.5 Å². The molecule has 7 nitrogen and oxygen atoms in total. The van der Waals surface area contributed by atoms with Crippen LogP contribution in [0.2, 0.25) is 5.15 Å². The lowest BCUT2D eigenvalue weighted by Crippen LogP contribution is -2.13. The lowest BCUT2D eigenvalue weighted by Gasteiger charge is -2.14. The molecule has 1 N–H and O–H groups in total. The van der Waals surface area contributed by atoms with Crippen LogP contribution < -0.4 is 19.5 Å². The van der Waals surface area contributed by atoms with Crippen LogP contribution in [0, 0.1) is 6.92 Å². The third-order valence-electron chi connectivity index (χ3n) is 4.15. The number of methoxy groups -OCH3 is 3. The van der Waals surface area contributed by atoms with E-state index in [1.807, 2.05) is 30.3 Å². The van der Waals surface area contributed by atoms with Gasteiger partial charge in [-0.2, -0.15) is 5.10 Å². The molecule has 0 saturated carbocycles. The van der Waals surface area contributed by atoms with Gasteiger partial charge >= 0.3 is 0 Å². The Bertz CT molecular complexity index is 977. The molecule has 0 aliphatic rings. The normalized spacial score (nSPS) is 10.5. The Balaban J connectivity index is 1.95. The largest absolute Gasteiger partial charge is 0.493 e. The summed E-state index contributed by atoms with van der Waals surface area (Å²) in [5.74, 6) is 0.910. The van der Waals surface area contributed by atoms with Gasteiger partial charge in [0.15, 0.2) is 11.5 Å². The van der Waals surface area contributed by atoms with Gasteiger partial charge in [-0.3, -0.25) is 4.79 Å². The summed E-state index contributed by atoms with van der Waals surface area (Å²) in [6, 6.07) is 12.6. The Morgan fingerprint density at radius 3 is 2.18 bits per heavy atom. The molecule has 0 atom stereocenters. The molecular weight excluding hydrogens is 382 g/mol. The lowest BCUT2D eigenvalue weighted by atomic mass is 10.2. The zero-order chi connectivity index (χ0) is 20.3. The van der Waals surface area contributed by atoms with E-state index in [9.17, 15) is 4.79 Å². The molecule has 0 aliphatic carbocycles. The number of hydrogen-bond donors (Lipinski definition) is 1. The monoisotopic (exact) mass is 401 g/mol. The summed E-state index contributed by atoms with van der Waals surface area (Å²) in [5, 5.41) is 7.44. The van der Waals surface area contributed by atoms with Crippen LogP contribution in [-0.2, 0) is 0 Å². The smallest absolute Gasteiger partial charge is 0.260 e. The predicted octanol–water partition coefficient (Wildman–Crippen LogP) is 4.11. The van der Waals surface area contributed by atoms with Gasteiger partial charge in [0.1, 0.15) is 10.7 Å². The number of aromatic nitrogens is 2. The summed E-state index contributed by atoms with van der Waals surface area (Å²) in [6.45, 7) is 1.73. The van der Waals surface area contributed by atoms with Gasteiger partial charge in [-0.1, -0.05) is 29.8 Å². The second kappa shape index (κ2) is 8.22. The standard InChI is InChI=1S/C20H20ClN3O4/c1-12-17(19(21)24(23-12)14-8-6-5-7-9-14)20(25)22-13-10-15(26-2)18(28-4)16(11-13)27-3/h5-11H,1-4H3,(H,22,25). The number of ether oxygens (including phenoxy) is 3. The summed E-state index contributed by atoms with van der Waals surface area (Å²) in [7, 11) is 4.53. The van der Waals surface area contributed by atoms with Gasteiger partial charge in [0, 0.05) is 17.8 Å². The molecule has 3 rings (SSSR count). The van der Waals surface area contributed by atoms with E-state index in [0.717, 1.165) is 5.69 Å². The van der Waals surface area contributed by atoms with Crippen LogP contribution in [-0.4, -0.2) is 37.0 Å². The van der Waals surface area contributed by atoms with E-state index in [1.54, 1.807) is 19.1 Å². The topological polar surface area (TPSA) is 74.6 Å². The highest BCUT2D eigenvalue weighted by atomic mass is 35.5. The van der Waals surface area contributed by atoms with Gasteiger partial charge in [-0.15, -0.1) is 0 Å². The first-order chi connectivity index (χ1) is 13.5. The fourth-order valence-electron chi connectivity index (χ4n) is 2.84. The van der Waals surface area contributed by atoms with Crippen molar-refractivity contribution in [3.63, 3.8) is 0 Å². The van der Waals surface area contributed by atoms with Crippen molar-refractivity contribution in [2.45, 2.75) is 6.92 Å². The molecule has 8 heteroatoms. The average Bonchev–Trinajstić information content (AvgIpc) is 3.01. The predicted molar refractivity (Wildman–Crippen MR) is 107 cm³/mol. The van der Waals surface area contributed by atoms with Crippen LogP contribution in [0.4, 0.5) is 5.69 Å². The Labute approximate surface area is 167 Å². The third-order valence-corrected chi connectivity index (χ3v) is 4.50. The first-order valence-corrected chi connectivity index (χ1v) is 8.79. The first-order valence-electron chi connectivity index (χ1n) is 8.42. The molecule has 0 unspecified atom stereocenters. The zero-order valence-corrected chi connectivity index (χ0v) is 16.7. The van der Waals surface area contributed by atoms with E-state index < -0.39 is 0 Å². The van der Waals surface area contributed by atoms with Crippen molar-refractivity contribution in [3.05, 3.63) is 58.9 Å². The molecule has 1 aromatic heterocycles. The molecule has 0 spiro atoms. The second-order valence-electron chi connectivity index (χ2n) is 5.87. The minimum Gasteiger partial charge on any atom is -0.493 e. The van der Waals surface area contributed by atoms with Crippen molar-refractivity contribution in [2.24, 2.45) is 0 Å². The molecule has 2 aromatic carbocycles. The highest BCUT2D eigenvalue weighted by molar-refractivity contribution is 6.34. The summed E-state index contributed by atoms with van der Waals surface area (Å²) in [5.41, 5.74) is 2.04. The second-order valence-corrected chi connectivity index (χ2v) is 6.22. The summed E-state index contributed by atoms with van der Waals surface area (Å²) < 4.78 is 17.5. The Hall–Kier alpha value is -3.19. The summed E-state index contributed by atoms with van der Waals surface area (Å²) >= 11 is 6.46. The van der Waals surface area contributed by atoms with Crippen molar-refractivity contribution in [1.29, 1.82) is 0 Å². The number of anilines is 1. The van der Waals surface area contributed by atoms with Gasteiger partial charge in [0.05, 0.1) is 32.7 Å². The Morgan fingerprint density at radius 1 is 1.04 bits per heavy atom. The fourth-order valence-corrected chi connectivity index (χ4v) is 3.20. The maximum Gasteiger partial charge on any atom is 0.260 e. The molecule has 0 fully saturated rings. The van der Waals surface area contributed by atoms with E-state index in [4.69, 9.17) is 25.8 Å². The Morgan fingerprint density at radius 2 is 1.64 bits per heavy atom. The van der Waals surface area contributed by atoms with Crippen LogP contribution >= 0.6 is 11.6 Å². The lowest BCUT2D eigenvalue weighted by molar-refractivity contribution is 0.102. The molecule has 0 bridgehead atoms. The molecule has 0 saturated heterocycles. The minimum atomic E-state index is -0.390. The molecular formula is C20H20ClN3O4. The number of amides is 1. The number of aryl methyl sites for hydroxylation is 1. The highest BCUT2D eigenvalue weighted by Crippen LogP contribution is 2.40. The van der Waals surface area contributed by atoms with Gasteiger partial charge in [0.2, 0.25) is 5.75 Å². The SMILES string of the molecule is COc1cc(NC(=O)c2c(C)nn(-c3ccccc3)c2Cl)cc(OC)c1OC. The first kappa shape index (κ1) is 19.6. The van der Waals surface area contributed by atoms with Crippen molar-refractivity contribution >= 4 is 23.2 Å². The number of hydrogen-bond acceptors (Lipinski definition) is 5. The number of halogens is 1. The molecule has 1 heterocycles. The number of carbonyl (C=O) groups is 1. The van der Waals surface area contributed by atoms with Crippen LogP contribution in [0.5, 0.6) is 17.2 Å². The van der Waals surface area contributed by atoms with Gasteiger partial charge in [-0.25, -0.2) is 4.68 Å². The third kappa shape index (κ3) is 3.61. The maximum absolute atomic E-state index is 12.9. The Kier molecular flexibility index (Phi) is 5.75. The summed E-state index contributed by atoms with van der Waals surface area (Å²) in [4.78, 5) is 12.9. The van der Waals surface area contributed by atoms with Gasteiger partial charge in [0.25, 0.3) is 5.91 Å². The molecule has 0 aliphatic heterocycles. The number of nitrogens with zero attached hydrogens (tertiary/aromatic N) is 2. The fraction of sp³-hybridized carbons (Fsp3) is 0.200. The van der Waals surface area contributed by atoms with Gasteiger partial charge < -0.3 is 19.5 Å². The van der Waals surface area contributed by atoms with E-state index in [1.165, 1.54) is 26.0 Å². The molecule has 0 radical (unpaired) electrons. The molecule has 28 heavy (non-hydrogen) atoms. The van der Waals surface area contributed by atoms with E-state index >= 15 is 0 Å². The molecule has 146 valence electrons. The van der Waals surface area contributed by atoms with Crippen LogP contribution in [0.1, 0.15) is 16.1 Å². The van der Waals surface area contributed by atoms with E-state index in [-0.39, 0.29) is 11.1 Å². The molecule has 3 aromatic rings. The quantitative estimate of drug-likeness (QED) is 0.672. The number of rotatable bonds is 6. The summed E-state index contributed by atoms with van der Waals surface area (Å²) in [6.07, 6.45) is 0. The number of nitrogens with one attached hydrogen (secondary N) is 1. The molecule has 1 amide bonds. The average molecular weight is 402 g/mol. The number of benzene rings is 2. The zero-order valence-electron chi connectivity index (χ0n) is 15.9. The van der Waals surface area contributed by atoms with Crippen molar-refractivity contribution in [2.75, 3.05) is 26.6 Å².